The molecular weight excluding hydrogens is 268 g/mol. The van der Waals surface area contributed by atoms with Crippen LogP contribution in [-0.2, 0) is 0 Å². The van der Waals surface area contributed by atoms with Crippen LogP contribution in [0.25, 0.3) is 0 Å². The zero-order valence-electron chi connectivity index (χ0n) is 11.4. The number of para-hydroxylation sites is 1. The average Bonchev–Trinajstić information content (AvgIpc) is 2.50. The highest BCUT2D eigenvalue weighted by Gasteiger charge is 2.23. The number of phenols is 1. The van der Waals surface area contributed by atoms with Crippen molar-refractivity contribution in [1.29, 1.82) is 0 Å². The Morgan fingerprint density at radius 1 is 1.29 bits per heavy atom. The second-order valence-corrected chi connectivity index (χ2v) is 4.97. The van der Waals surface area contributed by atoms with Gasteiger partial charge in [0, 0.05) is 17.5 Å². The molecule has 0 fully saturated rings. The maximum Gasteiger partial charge on any atom is 0.251 e. The molecule has 0 spiro atoms. The largest absolute Gasteiger partial charge is 0.506 e. The number of ether oxygens (including phenoxy) is 1. The summed E-state index contributed by atoms with van der Waals surface area (Å²) in [4.78, 5) is 12.3. The van der Waals surface area contributed by atoms with Crippen molar-refractivity contribution in [3.8, 4) is 11.5 Å². The second kappa shape index (κ2) is 5.36. The summed E-state index contributed by atoms with van der Waals surface area (Å²) in [5, 5.41) is 12.6. The van der Waals surface area contributed by atoms with Gasteiger partial charge in [0.15, 0.2) is 0 Å². The van der Waals surface area contributed by atoms with Crippen LogP contribution in [0.3, 0.4) is 0 Å². The van der Waals surface area contributed by atoms with Gasteiger partial charge in [0.1, 0.15) is 11.5 Å². The Labute approximate surface area is 122 Å². The van der Waals surface area contributed by atoms with Crippen LogP contribution in [0.4, 0.5) is 5.69 Å². The highest BCUT2D eigenvalue weighted by atomic mass is 16.5. The molecule has 0 radical (unpaired) electrons. The molecule has 1 atom stereocenters. The molecule has 4 N–H and O–H groups in total. The van der Waals surface area contributed by atoms with Crippen LogP contribution in [-0.4, -0.2) is 17.6 Å². The van der Waals surface area contributed by atoms with E-state index in [1.54, 1.807) is 6.07 Å². The van der Waals surface area contributed by atoms with Crippen LogP contribution in [0.5, 0.6) is 11.5 Å². The molecule has 1 amide bonds. The number of nitrogen functional groups attached to an aromatic ring is 1. The fourth-order valence-corrected chi connectivity index (χ4v) is 2.42. The van der Waals surface area contributed by atoms with Crippen LogP contribution in [0.2, 0.25) is 0 Å². The number of aromatic hydroxyl groups is 1. The normalized spacial score (nSPS) is 16.7. The number of nitrogens with one attached hydrogen (secondary N) is 1. The van der Waals surface area contributed by atoms with Gasteiger partial charge < -0.3 is 20.9 Å². The minimum absolute atomic E-state index is 0.0879. The van der Waals surface area contributed by atoms with Gasteiger partial charge in [-0.3, -0.25) is 4.79 Å². The van der Waals surface area contributed by atoms with Crippen molar-refractivity contribution in [2.45, 2.75) is 12.5 Å². The Morgan fingerprint density at radius 3 is 2.90 bits per heavy atom. The molecule has 5 heteroatoms. The minimum atomic E-state index is -0.244. The van der Waals surface area contributed by atoms with Crippen LogP contribution in [0.1, 0.15) is 28.4 Å². The van der Waals surface area contributed by atoms with E-state index in [2.05, 4.69) is 5.32 Å². The van der Waals surface area contributed by atoms with E-state index in [9.17, 15) is 9.90 Å². The van der Waals surface area contributed by atoms with E-state index in [1.807, 2.05) is 24.3 Å². The number of phenolic OH excluding ortho intramolecular Hbond substituents is 1. The summed E-state index contributed by atoms with van der Waals surface area (Å²) < 4.78 is 5.57. The minimum Gasteiger partial charge on any atom is -0.506 e. The molecule has 2 aromatic carbocycles. The van der Waals surface area contributed by atoms with Crippen molar-refractivity contribution in [2.75, 3.05) is 12.3 Å². The lowest BCUT2D eigenvalue weighted by Gasteiger charge is -2.26. The fraction of sp³-hybridized carbons (Fsp3) is 0.188. The van der Waals surface area contributed by atoms with Crippen molar-refractivity contribution >= 4 is 11.6 Å². The van der Waals surface area contributed by atoms with Crippen molar-refractivity contribution in [1.82, 2.24) is 5.32 Å². The molecule has 0 aromatic heterocycles. The van der Waals surface area contributed by atoms with E-state index in [-0.39, 0.29) is 23.4 Å². The maximum atomic E-state index is 12.3. The molecular formula is C16H16N2O3. The lowest BCUT2D eigenvalue weighted by atomic mass is 10.00. The lowest BCUT2D eigenvalue weighted by Crippen LogP contribution is -2.32. The molecule has 5 nitrogen and oxygen atoms in total. The van der Waals surface area contributed by atoms with Gasteiger partial charge in [-0.05, 0) is 24.3 Å². The molecule has 0 bridgehead atoms. The SMILES string of the molecule is Nc1ccc(C(=O)NC2CCOc3ccccc32)cc1O. The molecule has 21 heavy (non-hydrogen) atoms. The van der Waals surface area contributed by atoms with Gasteiger partial charge in [0.2, 0.25) is 0 Å². The zero-order valence-corrected chi connectivity index (χ0v) is 11.4. The Kier molecular flexibility index (Phi) is 3.39. The number of benzene rings is 2. The first-order chi connectivity index (χ1) is 10.1. The fourth-order valence-electron chi connectivity index (χ4n) is 2.42. The highest BCUT2D eigenvalue weighted by molar-refractivity contribution is 5.95. The molecule has 3 rings (SSSR count). The summed E-state index contributed by atoms with van der Waals surface area (Å²) in [6.45, 7) is 0.564. The number of carbonyl (C=O) groups is 1. The number of hydrogen-bond acceptors (Lipinski definition) is 4. The second-order valence-electron chi connectivity index (χ2n) is 4.97. The van der Waals surface area contributed by atoms with Crippen LogP contribution in [0, 0.1) is 0 Å². The number of anilines is 1. The van der Waals surface area contributed by atoms with E-state index in [4.69, 9.17) is 10.5 Å². The quantitative estimate of drug-likeness (QED) is 0.583. The third-order valence-corrected chi connectivity index (χ3v) is 3.56. The van der Waals surface area contributed by atoms with Crippen molar-refractivity contribution in [3.05, 3.63) is 53.6 Å². The summed E-state index contributed by atoms with van der Waals surface area (Å²) >= 11 is 0. The first-order valence-electron chi connectivity index (χ1n) is 6.76. The predicted molar refractivity (Wildman–Crippen MR) is 79.3 cm³/mol. The molecule has 0 aliphatic carbocycles. The average molecular weight is 284 g/mol. The molecule has 0 saturated heterocycles. The van der Waals surface area contributed by atoms with E-state index in [1.165, 1.54) is 12.1 Å². The van der Waals surface area contributed by atoms with E-state index in [0.29, 0.717) is 18.6 Å². The molecule has 1 heterocycles. The number of hydrogen-bond donors (Lipinski definition) is 3. The number of fused-ring (bicyclic) bond motifs is 1. The van der Waals surface area contributed by atoms with Crippen LogP contribution in [0.15, 0.2) is 42.5 Å². The predicted octanol–water partition coefficient (Wildman–Crippen LogP) is 2.23. The first kappa shape index (κ1) is 13.3. The van der Waals surface area contributed by atoms with Crippen molar-refractivity contribution < 1.29 is 14.6 Å². The van der Waals surface area contributed by atoms with Crippen molar-refractivity contribution in [2.24, 2.45) is 0 Å². The van der Waals surface area contributed by atoms with Gasteiger partial charge in [-0.2, -0.15) is 0 Å². The van der Waals surface area contributed by atoms with E-state index in [0.717, 1.165) is 11.3 Å². The maximum absolute atomic E-state index is 12.3. The Morgan fingerprint density at radius 2 is 2.10 bits per heavy atom. The number of rotatable bonds is 2. The zero-order chi connectivity index (χ0) is 14.8. The molecule has 0 saturated carbocycles. The van der Waals surface area contributed by atoms with Crippen LogP contribution < -0.4 is 15.8 Å². The van der Waals surface area contributed by atoms with Gasteiger partial charge in [0.05, 0.1) is 18.3 Å². The Bertz CT molecular complexity index is 685. The molecule has 1 aliphatic heterocycles. The molecule has 108 valence electrons. The molecule has 2 aromatic rings. The summed E-state index contributed by atoms with van der Waals surface area (Å²) in [5.74, 6) is 0.469. The topological polar surface area (TPSA) is 84.6 Å². The van der Waals surface area contributed by atoms with Gasteiger partial charge in [-0.15, -0.1) is 0 Å². The monoisotopic (exact) mass is 284 g/mol. The first-order valence-corrected chi connectivity index (χ1v) is 6.76. The summed E-state index contributed by atoms with van der Waals surface area (Å²) in [6.07, 6.45) is 0.712. The number of carbonyl (C=O) groups excluding carboxylic acids is 1. The number of amides is 1. The van der Waals surface area contributed by atoms with Gasteiger partial charge >= 0.3 is 0 Å². The van der Waals surface area contributed by atoms with Crippen molar-refractivity contribution in [3.63, 3.8) is 0 Å². The van der Waals surface area contributed by atoms with Gasteiger partial charge in [-0.1, -0.05) is 18.2 Å². The smallest absolute Gasteiger partial charge is 0.251 e. The standard InChI is InChI=1S/C16H16N2O3/c17-12-6-5-10(9-14(12)19)16(20)18-13-7-8-21-15-4-2-1-3-11(13)15/h1-6,9,13,19H,7-8,17H2,(H,18,20). The highest BCUT2D eigenvalue weighted by Crippen LogP contribution is 2.32. The third kappa shape index (κ3) is 2.63. The summed E-state index contributed by atoms with van der Waals surface area (Å²) in [5.41, 5.74) is 7.14. The number of nitrogens with two attached hydrogens (primary N) is 1. The third-order valence-electron chi connectivity index (χ3n) is 3.56. The molecule has 1 unspecified atom stereocenters. The Hall–Kier alpha value is -2.69. The van der Waals surface area contributed by atoms with Gasteiger partial charge in [-0.25, -0.2) is 0 Å². The Balaban J connectivity index is 1.81. The van der Waals surface area contributed by atoms with E-state index < -0.39 is 0 Å². The van der Waals surface area contributed by atoms with Crippen LogP contribution >= 0.6 is 0 Å². The lowest BCUT2D eigenvalue weighted by molar-refractivity contribution is 0.0924. The summed E-state index contributed by atoms with van der Waals surface area (Å²) in [6, 6.07) is 12.0. The molecule has 1 aliphatic rings. The van der Waals surface area contributed by atoms with Gasteiger partial charge in [0.25, 0.3) is 5.91 Å². The summed E-state index contributed by atoms with van der Waals surface area (Å²) in [7, 11) is 0. The van der Waals surface area contributed by atoms with E-state index >= 15 is 0 Å².